The van der Waals surface area contributed by atoms with Crippen molar-refractivity contribution >= 4 is 5.91 Å². The summed E-state index contributed by atoms with van der Waals surface area (Å²) in [5.74, 6) is 0.0686. The summed E-state index contributed by atoms with van der Waals surface area (Å²) in [5.41, 5.74) is 0.613. The molecular weight excluding hydrogens is 321 g/mol. The van der Waals surface area contributed by atoms with Crippen LogP contribution >= 0.6 is 0 Å². The van der Waals surface area contributed by atoms with E-state index in [0.717, 1.165) is 26.0 Å². The van der Waals surface area contributed by atoms with Crippen LogP contribution in [0.3, 0.4) is 0 Å². The van der Waals surface area contributed by atoms with Crippen molar-refractivity contribution in [2.45, 2.75) is 51.3 Å². The van der Waals surface area contributed by atoms with Crippen molar-refractivity contribution in [1.82, 2.24) is 14.8 Å². The first-order chi connectivity index (χ1) is 12.0. The number of fused-ring (bicyclic) bond motifs is 1. The quantitative estimate of drug-likeness (QED) is 0.835. The molecule has 0 N–H and O–H groups in total. The molecule has 0 bridgehead atoms. The van der Waals surface area contributed by atoms with Gasteiger partial charge in [0.2, 0.25) is 5.91 Å². The van der Waals surface area contributed by atoms with Crippen molar-refractivity contribution in [3.05, 3.63) is 29.8 Å². The normalized spacial score (nSPS) is 26.8. The molecule has 0 radical (unpaired) electrons. The van der Waals surface area contributed by atoms with Crippen molar-refractivity contribution in [1.29, 1.82) is 0 Å². The number of pyridine rings is 1. The van der Waals surface area contributed by atoms with E-state index in [2.05, 4.69) is 30.8 Å². The fraction of sp³-hybridized carbons (Fsp3) is 0.684. The van der Waals surface area contributed by atoms with Crippen LogP contribution < -0.4 is 0 Å². The van der Waals surface area contributed by atoms with Gasteiger partial charge in [-0.15, -0.1) is 0 Å². The lowest BCUT2D eigenvalue weighted by atomic mass is 9.84. The van der Waals surface area contributed by atoms with Crippen LogP contribution in [0.5, 0.6) is 0 Å². The topological polar surface area (TPSA) is 45.7 Å². The first-order valence-corrected chi connectivity index (χ1v) is 9.17. The third kappa shape index (κ3) is 4.18. The Labute approximate surface area is 149 Å². The average Bonchev–Trinajstić information content (AvgIpc) is 2.62. The maximum Gasteiger partial charge on any atom is 0.228 e. The van der Waals surface area contributed by atoms with Gasteiger partial charge in [-0.05, 0) is 45.9 Å². The summed E-state index contributed by atoms with van der Waals surface area (Å²) in [6, 6.07) is 3.54. The number of halogens is 1. The third-order valence-electron chi connectivity index (χ3n) is 5.55. The number of hydrogen-bond acceptors (Lipinski definition) is 4. The number of carbonyl (C=O) groups is 1. The molecule has 0 saturated carbocycles. The predicted molar refractivity (Wildman–Crippen MR) is 93.6 cm³/mol. The smallest absolute Gasteiger partial charge is 0.228 e. The van der Waals surface area contributed by atoms with E-state index in [0.29, 0.717) is 24.2 Å². The zero-order chi connectivity index (χ0) is 18.0. The van der Waals surface area contributed by atoms with Crippen molar-refractivity contribution < 1.29 is 13.9 Å². The number of hydrogen-bond donors (Lipinski definition) is 0. The molecule has 5 nitrogen and oxygen atoms in total. The zero-order valence-electron chi connectivity index (χ0n) is 15.3. The number of rotatable bonds is 4. The Balaban J connectivity index is 1.72. The van der Waals surface area contributed by atoms with E-state index in [1.807, 2.05) is 4.90 Å². The summed E-state index contributed by atoms with van der Waals surface area (Å²) in [6.45, 7) is 6.57. The maximum atomic E-state index is 13.0. The summed E-state index contributed by atoms with van der Waals surface area (Å²) in [6.07, 6.45) is 3.75. The second-order valence-corrected chi connectivity index (χ2v) is 7.51. The van der Waals surface area contributed by atoms with Crippen molar-refractivity contribution in [3.8, 4) is 0 Å². The monoisotopic (exact) mass is 349 g/mol. The van der Waals surface area contributed by atoms with Crippen molar-refractivity contribution in [2.75, 3.05) is 26.7 Å². The van der Waals surface area contributed by atoms with E-state index < -0.39 is 0 Å². The third-order valence-corrected chi connectivity index (χ3v) is 5.55. The molecule has 0 unspecified atom stereocenters. The van der Waals surface area contributed by atoms with Gasteiger partial charge in [-0.25, -0.2) is 4.39 Å². The molecular formula is C19H28FN3O2. The Kier molecular flexibility index (Phi) is 5.69. The number of ether oxygens (including phenoxy) is 1. The molecule has 0 aliphatic carbocycles. The molecule has 2 fully saturated rings. The molecule has 3 rings (SSSR count). The highest BCUT2D eigenvalue weighted by Crippen LogP contribution is 2.31. The molecule has 0 spiro atoms. The Morgan fingerprint density at radius 3 is 2.92 bits per heavy atom. The lowest BCUT2D eigenvalue weighted by Gasteiger charge is -2.49. The van der Waals surface area contributed by atoms with Crippen molar-refractivity contribution in [3.63, 3.8) is 0 Å². The van der Waals surface area contributed by atoms with Gasteiger partial charge in [0.1, 0.15) is 5.82 Å². The fourth-order valence-electron chi connectivity index (χ4n) is 3.90. The molecule has 1 aromatic rings. The first-order valence-electron chi connectivity index (χ1n) is 9.17. The molecule has 2 aliphatic rings. The van der Waals surface area contributed by atoms with Gasteiger partial charge in [0.15, 0.2) is 0 Å². The van der Waals surface area contributed by atoms with Gasteiger partial charge in [0, 0.05) is 37.4 Å². The van der Waals surface area contributed by atoms with E-state index in [-0.39, 0.29) is 30.3 Å². The van der Waals surface area contributed by atoms with Gasteiger partial charge in [-0.2, -0.15) is 0 Å². The summed E-state index contributed by atoms with van der Waals surface area (Å²) in [4.78, 5) is 21.1. The molecule has 0 aromatic carbocycles. The number of likely N-dealkylation sites (tertiary alicyclic amines) is 1. The van der Waals surface area contributed by atoms with Gasteiger partial charge < -0.3 is 9.64 Å². The highest BCUT2D eigenvalue weighted by molar-refractivity contribution is 5.78. The molecule has 1 aromatic heterocycles. The molecule has 138 valence electrons. The number of piperidine rings is 1. The highest BCUT2D eigenvalue weighted by atomic mass is 19.1. The minimum absolute atomic E-state index is 0.0605. The second kappa shape index (κ2) is 7.79. The van der Waals surface area contributed by atoms with E-state index in [4.69, 9.17) is 4.74 Å². The molecule has 25 heavy (non-hydrogen) atoms. The highest BCUT2D eigenvalue weighted by Gasteiger charge is 2.42. The maximum absolute atomic E-state index is 13.0. The summed E-state index contributed by atoms with van der Waals surface area (Å²) < 4.78 is 19.1. The fourth-order valence-corrected chi connectivity index (χ4v) is 3.90. The molecule has 2 aliphatic heterocycles. The van der Waals surface area contributed by atoms with Gasteiger partial charge in [-0.3, -0.25) is 14.7 Å². The van der Waals surface area contributed by atoms with Gasteiger partial charge in [0.05, 0.1) is 24.8 Å². The Morgan fingerprint density at radius 1 is 1.44 bits per heavy atom. The van der Waals surface area contributed by atoms with Crippen LogP contribution in [0.25, 0.3) is 0 Å². The molecule has 1 amide bonds. The van der Waals surface area contributed by atoms with E-state index in [9.17, 15) is 9.18 Å². The summed E-state index contributed by atoms with van der Waals surface area (Å²) in [5, 5.41) is 0. The van der Waals surface area contributed by atoms with E-state index >= 15 is 0 Å². The Hall–Kier alpha value is -1.53. The van der Waals surface area contributed by atoms with Crippen LogP contribution in [0.15, 0.2) is 18.3 Å². The lowest BCUT2D eigenvalue weighted by molar-refractivity contribution is -0.147. The SMILES string of the molecule is CC(C)N(C)[C@@H]1CN(C(=O)Cc2ccc(F)cn2)C[C@@H]2CCCO[C@@H]21. The molecule has 6 heteroatoms. The lowest BCUT2D eigenvalue weighted by Crippen LogP contribution is -2.62. The predicted octanol–water partition coefficient (Wildman–Crippen LogP) is 2.11. The standard InChI is InChI=1S/C19H28FN3O2/c1-13(2)22(3)17-12-23(11-14-5-4-8-25-19(14)17)18(24)9-16-7-6-15(20)10-21-16/h6-7,10,13-14,17,19H,4-5,8-9,11-12H2,1-3H3/t14-,17+,19-/m0/s1. The largest absolute Gasteiger partial charge is 0.376 e. The molecule has 3 heterocycles. The molecule has 2 saturated heterocycles. The Morgan fingerprint density at radius 2 is 2.24 bits per heavy atom. The van der Waals surface area contributed by atoms with Gasteiger partial charge in [-0.1, -0.05) is 0 Å². The number of nitrogens with zero attached hydrogens (tertiary/aromatic N) is 3. The average molecular weight is 349 g/mol. The number of carbonyl (C=O) groups excluding carboxylic acids is 1. The van der Waals surface area contributed by atoms with Crippen LogP contribution in [0.4, 0.5) is 4.39 Å². The summed E-state index contributed by atoms with van der Waals surface area (Å²) in [7, 11) is 2.11. The number of amides is 1. The van der Waals surface area contributed by atoms with E-state index in [1.165, 1.54) is 12.3 Å². The van der Waals surface area contributed by atoms with Crippen LogP contribution in [0, 0.1) is 11.7 Å². The van der Waals surface area contributed by atoms with Crippen LogP contribution in [0.2, 0.25) is 0 Å². The van der Waals surface area contributed by atoms with Crippen LogP contribution in [0.1, 0.15) is 32.4 Å². The number of likely N-dealkylation sites (N-methyl/N-ethyl adjacent to an activating group) is 1. The van der Waals surface area contributed by atoms with Crippen molar-refractivity contribution in [2.24, 2.45) is 5.92 Å². The summed E-state index contributed by atoms with van der Waals surface area (Å²) >= 11 is 0. The minimum atomic E-state index is -0.380. The minimum Gasteiger partial charge on any atom is -0.376 e. The Bertz CT molecular complexity index is 593. The number of aromatic nitrogens is 1. The van der Waals surface area contributed by atoms with Gasteiger partial charge in [0.25, 0.3) is 0 Å². The van der Waals surface area contributed by atoms with E-state index in [1.54, 1.807) is 6.07 Å². The second-order valence-electron chi connectivity index (χ2n) is 7.51. The zero-order valence-corrected chi connectivity index (χ0v) is 15.3. The molecule has 3 atom stereocenters. The van der Waals surface area contributed by atoms with Gasteiger partial charge >= 0.3 is 0 Å². The van der Waals surface area contributed by atoms with Crippen LogP contribution in [-0.4, -0.2) is 65.6 Å². The van der Waals surface area contributed by atoms with Crippen LogP contribution in [-0.2, 0) is 16.0 Å². The first kappa shape index (κ1) is 18.3.